The lowest BCUT2D eigenvalue weighted by Gasteiger charge is -1.98. The highest BCUT2D eigenvalue weighted by Crippen LogP contribution is 2.23. The third kappa shape index (κ3) is 2.38. The first-order valence-electron chi connectivity index (χ1n) is 7.64. The van der Waals surface area contributed by atoms with Crippen LogP contribution >= 0.6 is 0 Å². The average molecular weight is 318 g/mol. The summed E-state index contributed by atoms with van der Waals surface area (Å²) in [5, 5.41) is 5.56. The first-order valence-corrected chi connectivity index (χ1v) is 7.64. The molecule has 0 saturated carbocycles. The predicted molar refractivity (Wildman–Crippen MR) is 93.0 cm³/mol. The summed E-state index contributed by atoms with van der Waals surface area (Å²) in [5.74, 6) is -0.402. The van der Waals surface area contributed by atoms with Crippen molar-refractivity contribution in [1.29, 1.82) is 0 Å². The number of para-hydroxylation sites is 2. The number of hydrogen-bond donors (Lipinski definition) is 2. The standard InChI is InChI=1S/C18H14N4O2/c23-17-15(11-5-1-3-7-13(11)21-17)19-9-10-20-16-12-6-2-4-8-14(12)22-18(16)24/h1-8H,9-10H2,(H,19,21,23)(H,20,22,24). The molecule has 0 fully saturated rings. The molecule has 2 amide bonds. The van der Waals surface area contributed by atoms with Gasteiger partial charge in [-0.05, 0) is 12.1 Å². The number of nitrogens with one attached hydrogen (secondary N) is 2. The molecule has 0 spiro atoms. The summed E-state index contributed by atoms with van der Waals surface area (Å²) in [5.41, 5.74) is 4.00. The summed E-state index contributed by atoms with van der Waals surface area (Å²) in [6, 6.07) is 14.9. The first-order chi connectivity index (χ1) is 11.7. The lowest BCUT2D eigenvalue weighted by Crippen LogP contribution is -2.16. The highest BCUT2D eigenvalue weighted by molar-refractivity contribution is 6.54. The maximum Gasteiger partial charge on any atom is 0.274 e. The van der Waals surface area contributed by atoms with E-state index in [0.29, 0.717) is 24.5 Å². The molecule has 6 nitrogen and oxygen atoms in total. The molecule has 2 heterocycles. The number of carbonyl (C=O) groups is 2. The van der Waals surface area contributed by atoms with E-state index >= 15 is 0 Å². The molecular weight excluding hydrogens is 304 g/mol. The Balaban J connectivity index is 1.51. The number of fused-ring (bicyclic) bond motifs is 2. The molecule has 0 aromatic heterocycles. The summed E-state index contributed by atoms with van der Waals surface area (Å²) < 4.78 is 0. The van der Waals surface area contributed by atoms with Gasteiger partial charge in [0.2, 0.25) is 0 Å². The fourth-order valence-corrected chi connectivity index (χ4v) is 2.84. The fraction of sp³-hybridized carbons (Fsp3) is 0.111. The van der Waals surface area contributed by atoms with Gasteiger partial charge in [-0.25, -0.2) is 0 Å². The Morgan fingerprint density at radius 2 is 1.08 bits per heavy atom. The maximum absolute atomic E-state index is 12.0. The van der Waals surface area contributed by atoms with Crippen LogP contribution in [0.15, 0.2) is 58.5 Å². The van der Waals surface area contributed by atoms with Crippen LogP contribution in [0.25, 0.3) is 0 Å². The number of amides is 2. The molecule has 2 aliphatic heterocycles. The van der Waals surface area contributed by atoms with Crippen LogP contribution in [0.5, 0.6) is 0 Å². The zero-order valence-corrected chi connectivity index (χ0v) is 12.7. The molecule has 6 heteroatoms. The molecular formula is C18H14N4O2. The Morgan fingerprint density at radius 1 is 0.667 bits per heavy atom. The molecule has 24 heavy (non-hydrogen) atoms. The molecule has 4 rings (SSSR count). The quantitative estimate of drug-likeness (QED) is 0.847. The van der Waals surface area contributed by atoms with Crippen LogP contribution in [0, 0.1) is 0 Å². The number of hydrogen-bond acceptors (Lipinski definition) is 4. The molecule has 0 bridgehead atoms. The Hall–Kier alpha value is -3.28. The van der Waals surface area contributed by atoms with Crippen LogP contribution < -0.4 is 10.6 Å². The van der Waals surface area contributed by atoms with Gasteiger partial charge < -0.3 is 10.6 Å². The monoisotopic (exact) mass is 318 g/mol. The predicted octanol–water partition coefficient (Wildman–Crippen LogP) is 1.87. The molecule has 0 aliphatic carbocycles. The minimum Gasteiger partial charge on any atom is -0.320 e. The van der Waals surface area contributed by atoms with Crippen LogP contribution in [0.4, 0.5) is 11.4 Å². The van der Waals surface area contributed by atoms with Crippen LogP contribution in [-0.4, -0.2) is 36.3 Å². The van der Waals surface area contributed by atoms with Gasteiger partial charge in [-0.15, -0.1) is 0 Å². The number of aliphatic imine (C=N–C) groups is 2. The van der Waals surface area contributed by atoms with Gasteiger partial charge in [-0.1, -0.05) is 36.4 Å². The molecule has 0 unspecified atom stereocenters. The highest BCUT2D eigenvalue weighted by Gasteiger charge is 2.26. The molecule has 0 radical (unpaired) electrons. The van der Waals surface area contributed by atoms with Crippen molar-refractivity contribution in [2.75, 3.05) is 23.7 Å². The average Bonchev–Trinajstić information content (AvgIpc) is 3.08. The van der Waals surface area contributed by atoms with Gasteiger partial charge in [-0.2, -0.15) is 0 Å². The molecule has 0 saturated heterocycles. The molecule has 2 aliphatic rings. The van der Waals surface area contributed by atoms with Gasteiger partial charge in [0.1, 0.15) is 11.4 Å². The van der Waals surface area contributed by atoms with E-state index in [2.05, 4.69) is 20.6 Å². The summed E-state index contributed by atoms with van der Waals surface area (Å²) in [4.78, 5) is 32.6. The summed E-state index contributed by atoms with van der Waals surface area (Å²) >= 11 is 0. The fourth-order valence-electron chi connectivity index (χ4n) is 2.84. The van der Waals surface area contributed by atoms with Gasteiger partial charge >= 0.3 is 0 Å². The summed E-state index contributed by atoms with van der Waals surface area (Å²) in [7, 11) is 0. The van der Waals surface area contributed by atoms with Gasteiger partial charge in [0, 0.05) is 11.1 Å². The lowest BCUT2D eigenvalue weighted by atomic mass is 10.1. The van der Waals surface area contributed by atoms with Crippen molar-refractivity contribution >= 4 is 34.6 Å². The maximum atomic E-state index is 12.0. The zero-order chi connectivity index (χ0) is 16.5. The van der Waals surface area contributed by atoms with E-state index in [4.69, 9.17) is 0 Å². The Labute approximate surface area is 138 Å². The SMILES string of the molecule is O=C1Nc2ccccc2C1=NCCN=C1C(=O)Nc2ccccc21. The van der Waals surface area contributed by atoms with Gasteiger partial charge in [0.05, 0.1) is 24.5 Å². The van der Waals surface area contributed by atoms with E-state index in [-0.39, 0.29) is 11.8 Å². The van der Waals surface area contributed by atoms with Gasteiger partial charge in [0.15, 0.2) is 0 Å². The summed E-state index contributed by atoms with van der Waals surface area (Å²) in [6.45, 7) is 0.687. The van der Waals surface area contributed by atoms with Crippen molar-refractivity contribution in [3.63, 3.8) is 0 Å². The van der Waals surface area contributed by atoms with E-state index in [1.54, 1.807) is 0 Å². The normalized spacial score (nSPS) is 18.5. The largest absolute Gasteiger partial charge is 0.320 e. The van der Waals surface area contributed by atoms with E-state index in [0.717, 1.165) is 22.5 Å². The molecule has 118 valence electrons. The van der Waals surface area contributed by atoms with Crippen LogP contribution in [0.2, 0.25) is 0 Å². The van der Waals surface area contributed by atoms with E-state index < -0.39 is 0 Å². The van der Waals surface area contributed by atoms with Crippen molar-refractivity contribution in [1.82, 2.24) is 0 Å². The Morgan fingerprint density at radius 3 is 1.54 bits per heavy atom. The van der Waals surface area contributed by atoms with Crippen molar-refractivity contribution in [2.24, 2.45) is 9.98 Å². The second-order valence-electron chi connectivity index (χ2n) is 5.46. The van der Waals surface area contributed by atoms with Crippen molar-refractivity contribution in [3.05, 3.63) is 59.7 Å². The van der Waals surface area contributed by atoms with E-state index in [1.165, 1.54) is 0 Å². The minimum absolute atomic E-state index is 0.201. The van der Waals surface area contributed by atoms with Crippen LogP contribution in [0.3, 0.4) is 0 Å². The number of anilines is 2. The number of carbonyl (C=O) groups excluding carboxylic acids is 2. The number of benzene rings is 2. The second-order valence-corrected chi connectivity index (χ2v) is 5.46. The lowest BCUT2D eigenvalue weighted by molar-refractivity contribution is -0.110. The van der Waals surface area contributed by atoms with E-state index in [1.807, 2.05) is 48.5 Å². The van der Waals surface area contributed by atoms with Crippen LogP contribution in [-0.2, 0) is 9.59 Å². The second kappa shape index (κ2) is 5.73. The van der Waals surface area contributed by atoms with Crippen molar-refractivity contribution in [2.45, 2.75) is 0 Å². The number of rotatable bonds is 3. The van der Waals surface area contributed by atoms with Gasteiger partial charge in [-0.3, -0.25) is 19.6 Å². The molecule has 2 aromatic rings. The third-order valence-electron chi connectivity index (χ3n) is 3.93. The smallest absolute Gasteiger partial charge is 0.274 e. The third-order valence-corrected chi connectivity index (χ3v) is 3.93. The topological polar surface area (TPSA) is 82.9 Å². The first kappa shape index (κ1) is 14.3. The number of nitrogens with zero attached hydrogens (tertiary/aromatic N) is 2. The molecule has 0 atom stereocenters. The molecule has 2 N–H and O–H groups in total. The molecule has 2 aromatic carbocycles. The minimum atomic E-state index is -0.201. The Bertz CT molecular complexity index is 839. The Kier molecular flexibility index (Phi) is 3.42. The summed E-state index contributed by atoms with van der Waals surface area (Å²) in [6.07, 6.45) is 0. The zero-order valence-electron chi connectivity index (χ0n) is 12.7. The highest BCUT2D eigenvalue weighted by atomic mass is 16.2. The van der Waals surface area contributed by atoms with Gasteiger partial charge in [0.25, 0.3) is 11.8 Å². The van der Waals surface area contributed by atoms with Crippen molar-refractivity contribution < 1.29 is 9.59 Å². The van der Waals surface area contributed by atoms with E-state index in [9.17, 15) is 9.59 Å². The van der Waals surface area contributed by atoms with Crippen LogP contribution in [0.1, 0.15) is 11.1 Å². The van der Waals surface area contributed by atoms with Crippen molar-refractivity contribution in [3.8, 4) is 0 Å².